The van der Waals surface area contributed by atoms with Gasteiger partial charge in [0.25, 0.3) is 5.91 Å². The molecule has 7 heteroatoms. The van der Waals surface area contributed by atoms with Crippen molar-refractivity contribution >= 4 is 23.5 Å². The van der Waals surface area contributed by atoms with Gasteiger partial charge in [0.05, 0.1) is 5.41 Å². The molecule has 3 N–H and O–H groups in total. The third-order valence-electron chi connectivity index (χ3n) is 5.33. The van der Waals surface area contributed by atoms with Crippen LogP contribution in [0.15, 0.2) is 48.5 Å². The lowest BCUT2D eigenvalue weighted by Gasteiger charge is -2.28. The number of benzene rings is 2. The van der Waals surface area contributed by atoms with Crippen LogP contribution in [0.2, 0.25) is 0 Å². The van der Waals surface area contributed by atoms with Crippen molar-refractivity contribution < 1.29 is 23.5 Å². The van der Waals surface area contributed by atoms with Crippen LogP contribution in [0.3, 0.4) is 0 Å². The molecule has 0 saturated heterocycles. The fourth-order valence-corrected chi connectivity index (χ4v) is 3.65. The lowest BCUT2D eigenvalue weighted by Crippen LogP contribution is -2.39. The molecule has 6 nitrogen and oxygen atoms in total. The van der Waals surface area contributed by atoms with E-state index < -0.39 is 29.3 Å². The summed E-state index contributed by atoms with van der Waals surface area (Å²) in [6, 6.07) is 11.9. The van der Waals surface area contributed by atoms with E-state index in [2.05, 4.69) is 5.32 Å². The molecule has 152 valence electrons. The Morgan fingerprint density at radius 1 is 1.03 bits per heavy atom. The molecule has 1 atom stereocenters. The SMILES string of the molecule is C[C@H](OC(=O)C1(c2ccc(F)cc2)CCCC1)C(=O)Nc1ccc(C(N)=O)cc1. The van der Waals surface area contributed by atoms with Crippen molar-refractivity contribution in [3.05, 3.63) is 65.5 Å². The van der Waals surface area contributed by atoms with Gasteiger partial charge in [-0.05, 0) is 61.7 Å². The number of carbonyl (C=O) groups excluding carboxylic acids is 3. The summed E-state index contributed by atoms with van der Waals surface area (Å²) in [5, 5.41) is 2.65. The van der Waals surface area contributed by atoms with E-state index in [0.717, 1.165) is 12.8 Å². The van der Waals surface area contributed by atoms with Crippen molar-refractivity contribution in [1.82, 2.24) is 0 Å². The van der Waals surface area contributed by atoms with Gasteiger partial charge >= 0.3 is 5.97 Å². The normalized spacial score (nSPS) is 16.1. The van der Waals surface area contributed by atoms with E-state index in [1.165, 1.54) is 31.2 Å². The third kappa shape index (κ3) is 4.45. The second-order valence-electron chi connectivity index (χ2n) is 7.27. The summed E-state index contributed by atoms with van der Waals surface area (Å²) < 4.78 is 18.8. The number of halogens is 1. The molecule has 0 aromatic heterocycles. The summed E-state index contributed by atoms with van der Waals surface area (Å²) in [7, 11) is 0. The molecule has 3 rings (SSSR count). The van der Waals surface area contributed by atoms with Gasteiger partial charge in [-0.25, -0.2) is 4.39 Å². The van der Waals surface area contributed by atoms with Crippen LogP contribution >= 0.6 is 0 Å². The zero-order valence-electron chi connectivity index (χ0n) is 16.1. The van der Waals surface area contributed by atoms with Gasteiger partial charge in [-0.1, -0.05) is 25.0 Å². The summed E-state index contributed by atoms with van der Waals surface area (Å²) in [6.45, 7) is 1.50. The summed E-state index contributed by atoms with van der Waals surface area (Å²) in [4.78, 5) is 36.5. The minimum atomic E-state index is -1.02. The summed E-state index contributed by atoms with van der Waals surface area (Å²) in [5.74, 6) is -1.90. The van der Waals surface area contributed by atoms with Gasteiger partial charge < -0.3 is 15.8 Å². The number of nitrogens with two attached hydrogens (primary N) is 1. The Bertz CT molecular complexity index is 903. The second-order valence-corrected chi connectivity index (χ2v) is 7.27. The van der Waals surface area contributed by atoms with Crippen LogP contribution in [0.1, 0.15) is 48.5 Å². The van der Waals surface area contributed by atoms with Gasteiger partial charge in [-0.15, -0.1) is 0 Å². The number of amides is 2. The lowest BCUT2D eigenvalue weighted by molar-refractivity contribution is -0.159. The summed E-state index contributed by atoms with van der Waals surface area (Å²) in [5.41, 5.74) is 5.82. The van der Waals surface area contributed by atoms with Gasteiger partial charge in [0.2, 0.25) is 5.91 Å². The highest BCUT2D eigenvalue weighted by molar-refractivity contribution is 5.97. The Labute approximate surface area is 168 Å². The molecule has 2 aromatic carbocycles. The van der Waals surface area contributed by atoms with E-state index in [-0.39, 0.29) is 5.82 Å². The number of ether oxygens (including phenoxy) is 1. The van der Waals surface area contributed by atoms with Crippen molar-refractivity contribution in [3.8, 4) is 0 Å². The fraction of sp³-hybridized carbons (Fsp3) is 0.318. The minimum Gasteiger partial charge on any atom is -0.452 e. The molecule has 2 amide bonds. The van der Waals surface area contributed by atoms with Crippen LogP contribution in [-0.4, -0.2) is 23.9 Å². The molecule has 1 fully saturated rings. The van der Waals surface area contributed by atoms with Gasteiger partial charge in [-0.2, -0.15) is 0 Å². The van der Waals surface area contributed by atoms with Crippen LogP contribution in [0.4, 0.5) is 10.1 Å². The van der Waals surface area contributed by atoms with E-state index in [0.29, 0.717) is 29.7 Å². The number of hydrogen-bond donors (Lipinski definition) is 2. The molecule has 1 saturated carbocycles. The predicted molar refractivity (Wildman–Crippen MR) is 106 cm³/mol. The van der Waals surface area contributed by atoms with Crippen molar-refractivity contribution in [3.63, 3.8) is 0 Å². The molecule has 0 unspecified atom stereocenters. The molecule has 0 aliphatic heterocycles. The smallest absolute Gasteiger partial charge is 0.317 e. The molecule has 0 heterocycles. The number of rotatable bonds is 6. The summed E-state index contributed by atoms with van der Waals surface area (Å²) >= 11 is 0. The molecule has 0 spiro atoms. The average Bonchev–Trinajstić information content (AvgIpc) is 3.20. The predicted octanol–water partition coefficient (Wildman–Crippen LogP) is 3.31. The number of hydrogen-bond acceptors (Lipinski definition) is 4. The van der Waals surface area contributed by atoms with Gasteiger partial charge in [0.1, 0.15) is 5.82 Å². The van der Waals surface area contributed by atoms with Crippen LogP contribution < -0.4 is 11.1 Å². The molecule has 29 heavy (non-hydrogen) atoms. The van der Waals surface area contributed by atoms with Crippen molar-refractivity contribution in [1.29, 1.82) is 0 Å². The molecular weight excluding hydrogens is 375 g/mol. The monoisotopic (exact) mass is 398 g/mol. The van der Waals surface area contributed by atoms with E-state index in [1.54, 1.807) is 24.3 Å². The van der Waals surface area contributed by atoms with Crippen LogP contribution in [0.25, 0.3) is 0 Å². The number of nitrogens with one attached hydrogen (secondary N) is 1. The van der Waals surface area contributed by atoms with Crippen molar-refractivity contribution in [2.45, 2.75) is 44.1 Å². The highest BCUT2D eigenvalue weighted by Gasteiger charge is 2.45. The molecule has 1 aliphatic rings. The Hall–Kier alpha value is -3.22. The first-order valence-electron chi connectivity index (χ1n) is 9.50. The fourth-order valence-electron chi connectivity index (χ4n) is 3.65. The van der Waals surface area contributed by atoms with E-state index in [1.807, 2.05) is 0 Å². The second kappa shape index (κ2) is 8.43. The Morgan fingerprint density at radius 3 is 2.17 bits per heavy atom. The topological polar surface area (TPSA) is 98.5 Å². The van der Waals surface area contributed by atoms with Crippen LogP contribution in [0.5, 0.6) is 0 Å². The maximum atomic E-state index is 13.3. The molecule has 0 bridgehead atoms. The number of primary amides is 1. The van der Waals surface area contributed by atoms with Gasteiger partial charge in [0.15, 0.2) is 6.10 Å². The van der Waals surface area contributed by atoms with E-state index in [4.69, 9.17) is 10.5 Å². The zero-order valence-corrected chi connectivity index (χ0v) is 16.1. The number of anilines is 1. The molecule has 1 aliphatic carbocycles. The van der Waals surface area contributed by atoms with Crippen molar-refractivity contribution in [2.24, 2.45) is 5.73 Å². The number of carbonyl (C=O) groups is 3. The lowest BCUT2D eigenvalue weighted by atomic mass is 9.79. The first kappa shape index (κ1) is 20.5. The average molecular weight is 398 g/mol. The van der Waals surface area contributed by atoms with E-state index in [9.17, 15) is 18.8 Å². The van der Waals surface area contributed by atoms with Gasteiger partial charge in [-0.3, -0.25) is 14.4 Å². The first-order chi connectivity index (χ1) is 13.8. The van der Waals surface area contributed by atoms with Crippen molar-refractivity contribution in [2.75, 3.05) is 5.32 Å². The highest BCUT2D eigenvalue weighted by atomic mass is 19.1. The Kier molecular flexibility index (Phi) is 5.96. The molecular formula is C22H23FN2O4. The maximum Gasteiger partial charge on any atom is 0.317 e. The van der Waals surface area contributed by atoms with Gasteiger partial charge in [0, 0.05) is 11.3 Å². The standard InChI is InChI=1S/C22H23FN2O4/c1-14(20(27)25-18-10-4-15(5-11-18)19(24)26)29-21(28)22(12-2-3-13-22)16-6-8-17(23)9-7-16/h4-11,14H,2-3,12-13H2,1H3,(H2,24,26)(H,25,27)/t14-/m0/s1. The first-order valence-corrected chi connectivity index (χ1v) is 9.50. The zero-order chi connectivity index (χ0) is 21.0. The largest absolute Gasteiger partial charge is 0.452 e. The highest BCUT2D eigenvalue weighted by Crippen LogP contribution is 2.42. The third-order valence-corrected chi connectivity index (χ3v) is 5.33. The summed E-state index contributed by atoms with van der Waals surface area (Å²) in [6.07, 6.45) is 1.90. The Balaban J connectivity index is 1.68. The number of esters is 1. The quantitative estimate of drug-likeness (QED) is 0.730. The maximum absolute atomic E-state index is 13.3. The minimum absolute atomic E-state index is 0.324. The van der Waals surface area contributed by atoms with Crippen LogP contribution in [0, 0.1) is 5.82 Å². The Morgan fingerprint density at radius 2 is 1.62 bits per heavy atom. The molecule has 0 radical (unpaired) electrons. The van der Waals surface area contributed by atoms with E-state index >= 15 is 0 Å². The molecule has 2 aromatic rings. The van der Waals surface area contributed by atoms with Crippen LogP contribution in [-0.2, 0) is 19.7 Å².